The number of halogens is 2. The minimum atomic E-state index is -5.00. The van der Waals surface area contributed by atoms with Crippen LogP contribution in [0.1, 0.15) is 19.3 Å². The van der Waals surface area contributed by atoms with Gasteiger partial charge in [-0.15, -0.1) is 6.58 Å². The lowest BCUT2D eigenvalue weighted by atomic mass is 10.2. The minimum absolute atomic E-state index is 0.00261. The van der Waals surface area contributed by atoms with Gasteiger partial charge in [-0.1, -0.05) is 29.4 Å². The highest BCUT2D eigenvalue weighted by molar-refractivity contribution is 7.92. The number of sulfone groups is 1. The zero-order valence-corrected chi connectivity index (χ0v) is 12.4. The van der Waals surface area contributed by atoms with Gasteiger partial charge in [0.2, 0.25) is 0 Å². The van der Waals surface area contributed by atoms with Gasteiger partial charge in [0.15, 0.2) is 0 Å². The van der Waals surface area contributed by atoms with Gasteiger partial charge in [0.1, 0.15) is 0 Å². The number of hydrogen-bond acceptors (Lipinski definition) is 5. The van der Waals surface area contributed by atoms with Crippen molar-refractivity contribution < 1.29 is 17.2 Å². The Hall–Kier alpha value is -2.16. The summed E-state index contributed by atoms with van der Waals surface area (Å²) in [6.45, 7) is 3.42. The average molecular weight is 328 g/mol. The molecule has 22 heavy (non-hydrogen) atoms. The first-order chi connectivity index (χ1) is 10.4. The highest BCUT2D eigenvalue weighted by Crippen LogP contribution is 2.33. The van der Waals surface area contributed by atoms with Crippen LogP contribution in [0.5, 0.6) is 0 Å². The van der Waals surface area contributed by atoms with E-state index in [-0.39, 0.29) is 12.1 Å². The van der Waals surface area contributed by atoms with Crippen LogP contribution in [0.3, 0.4) is 0 Å². The van der Waals surface area contributed by atoms with E-state index in [1.807, 2.05) is 0 Å². The maximum Gasteiger partial charge on any atom is 0.353 e. The Kier molecular flexibility index (Phi) is 4.65. The Balaban J connectivity index is 2.39. The van der Waals surface area contributed by atoms with Crippen molar-refractivity contribution in [1.29, 1.82) is 0 Å². The van der Waals surface area contributed by atoms with E-state index in [0.717, 1.165) is 4.68 Å². The fourth-order valence-electron chi connectivity index (χ4n) is 1.80. The minimum Gasteiger partial charge on any atom is -0.214 e. The second-order valence-electron chi connectivity index (χ2n) is 4.53. The highest BCUT2D eigenvalue weighted by atomic mass is 32.2. The molecular weight excluding hydrogens is 314 g/mol. The normalized spacial score (nSPS) is 12.3. The number of hydrogen-bond donors (Lipinski definition) is 0. The third-order valence-corrected chi connectivity index (χ3v) is 4.68. The van der Waals surface area contributed by atoms with Crippen molar-refractivity contribution in [2.24, 2.45) is 0 Å². The van der Waals surface area contributed by atoms with Crippen LogP contribution in [0, 0.1) is 0 Å². The molecule has 0 fully saturated rings. The number of alkyl halides is 2. The molecule has 0 aliphatic heterocycles. The number of rotatable bonds is 7. The summed E-state index contributed by atoms with van der Waals surface area (Å²) in [6.07, 6.45) is 0.942. The summed E-state index contributed by atoms with van der Waals surface area (Å²) in [7, 11) is -5.00. The second kappa shape index (κ2) is 6.30. The van der Waals surface area contributed by atoms with Crippen molar-refractivity contribution in [3.63, 3.8) is 0 Å². The molecule has 1 heterocycles. The monoisotopic (exact) mass is 328 g/mol. The van der Waals surface area contributed by atoms with E-state index >= 15 is 0 Å². The predicted octanol–water partition coefficient (Wildman–Crippen LogP) is 2.39. The van der Waals surface area contributed by atoms with Gasteiger partial charge >= 0.3 is 5.25 Å². The fourth-order valence-corrected chi connectivity index (χ4v) is 2.99. The molecule has 0 saturated carbocycles. The first-order valence-electron chi connectivity index (χ1n) is 6.47. The van der Waals surface area contributed by atoms with Crippen molar-refractivity contribution in [1.82, 2.24) is 20.2 Å². The molecule has 2 aromatic rings. The second-order valence-corrected chi connectivity index (χ2v) is 6.50. The molecule has 0 atom stereocenters. The van der Waals surface area contributed by atoms with Crippen LogP contribution < -0.4 is 0 Å². The number of para-hydroxylation sites is 1. The molecule has 0 N–H and O–H groups in total. The molecule has 0 bridgehead atoms. The Morgan fingerprint density at radius 1 is 1.27 bits per heavy atom. The molecule has 2 rings (SSSR count). The molecule has 0 amide bonds. The molecule has 0 spiro atoms. The first-order valence-corrected chi connectivity index (χ1v) is 7.95. The molecule has 0 aliphatic carbocycles. The summed E-state index contributed by atoms with van der Waals surface area (Å²) >= 11 is 0. The lowest BCUT2D eigenvalue weighted by Gasteiger charge is -2.15. The molecule has 0 aliphatic rings. The Morgan fingerprint density at radius 2 is 1.95 bits per heavy atom. The Labute approximate surface area is 126 Å². The van der Waals surface area contributed by atoms with Crippen molar-refractivity contribution in [2.45, 2.75) is 29.7 Å². The molecule has 1 aromatic heterocycles. The van der Waals surface area contributed by atoms with Crippen LogP contribution in [0.4, 0.5) is 8.78 Å². The zero-order valence-electron chi connectivity index (χ0n) is 11.6. The maximum absolute atomic E-state index is 14.1. The van der Waals surface area contributed by atoms with Crippen LogP contribution in [0.2, 0.25) is 0 Å². The van der Waals surface area contributed by atoms with E-state index in [9.17, 15) is 17.2 Å². The largest absolute Gasteiger partial charge is 0.353 e. The summed E-state index contributed by atoms with van der Waals surface area (Å²) < 4.78 is 53.2. The van der Waals surface area contributed by atoms with E-state index in [4.69, 9.17) is 0 Å². The predicted molar refractivity (Wildman–Crippen MR) is 75.3 cm³/mol. The first kappa shape index (κ1) is 16.2. The van der Waals surface area contributed by atoms with Gasteiger partial charge in [0.05, 0.1) is 5.69 Å². The SMILES string of the molecule is C=CCCCC(F)(F)S(=O)(=O)c1nnnn1-c1ccccc1. The van der Waals surface area contributed by atoms with Gasteiger partial charge in [-0.2, -0.15) is 13.5 Å². The summed E-state index contributed by atoms with van der Waals surface area (Å²) in [5.41, 5.74) is 0.285. The van der Waals surface area contributed by atoms with Crippen molar-refractivity contribution in [3.8, 4) is 5.69 Å². The van der Waals surface area contributed by atoms with Crippen LogP contribution in [0.15, 0.2) is 48.1 Å². The number of unbranched alkanes of at least 4 members (excludes halogenated alkanes) is 1. The Bertz CT molecular complexity index is 744. The van der Waals surface area contributed by atoms with Gasteiger partial charge in [-0.25, -0.2) is 8.42 Å². The standard InChI is InChI=1S/C13H14F2N4O2S/c1-2-3-7-10-13(14,15)22(20,21)12-16-17-18-19(12)11-8-5-4-6-9-11/h2,4-6,8-9H,1,3,7,10H2. The van der Waals surface area contributed by atoms with E-state index in [1.54, 1.807) is 18.2 Å². The molecule has 6 nitrogen and oxygen atoms in total. The van der Waals surface area contributed by atoms with E-state index in [0.29, 0.717) is 6.42 Å². The lowest BCUT2D eigenvalue weighted by Crippen LogP contribution is -2.31. The highest BCUT2D eigenvalue weighted by Gasteiger charge is 2.48. The fraction of sp³-hybridized carbons (Fsp3) is 0.308. The summed E-state index contributed by atoms with van der Waals surface area (Å²) in [5, 5.41) is 5.15. The molecule has 0 radical (unpaired) electrons. The quantitative estimate of drug-likeness (QED) is 0.576. The third kappa shape index (κ3) is 3.03. The molecule has 9 heteroatoms. The Morgan fingerprint density at radius 3 is 2.59 bits per heavy atom. The molecule has 1 aromatic carbocycles. The van der Waals surface area contributed by atoms with Gasteiger partial charge in [-0.05, 0) is 35.4 Å². The van der Waals surface area contributed by atoms with E-state index in [1.165, 1.54) is 18.2 Å². The van der Waals surface area contributed by atoms with Crippen molar-refractivity contribution >= 4 is 9.84 Å². The van der Waals surface area contributed by atoms with Gasteiger partial charge in [0.25, 0.3) is 15.0 Å². The van der Waals surface area contributed by atoms with E-state index in [2.05, 4.69) is 22.1 Å². The van der Waals surface area contributed by atoms with Crippen LogP contribution in [-0.4, -0.2) is 33.9 Å². The summed E-state index contributed by atoms with van der Waals surface area (Å²) in [5.74, 6) is 0. The smallest absolute Gasteiger partial charge is 0.214 e. The van der Waals surface area contributed by atoms with Gasteiger partial charge < -0.3 is 0 Å². The zero-order chi connectivity index (χ0) is 16.2. The molecule has 118 valence electrons. The topological polar surface area (TPSA) is 77.7 Å². The number of tetrazole rings is 1. The number of allylic oxidation sites excluding steroid dienone is 1. The molecule has 0 unspecified atom stereocenters. The van der Waals surface area contributed by atoms with Crippen molar-refractivity contribution in [3.05, 3.63) is 43.0 Å². The van der Waals surface area contributed by atoms with E-state index < -0.39 is 26.7 Å². The van der Waals surface area contributed by atoms with Crippen LogP contribution >= 0.6 is 0 Å². The maximum atomic E-state index is 14.1. The lowest BCUT2D eigenvalue weighted by molar-refractivity contribution is 0.0791. The number of benzene rings is 1. The number of nitrogens with zero attached hydrogens (tertiary/aromatic N) is 4. The van der Waals surface area contributed by atoms with Crippen LogP contribution in [-0.2, 0) is 9.84 Å². The third-order valence-electron chi connectivity index (χ3n) is 2.95. The molecule has 0 saturated heterocycles. The summed E-state index contributed by atoms with van der Waals surface area (Å²) in [4.78, 5) is 0. The van der Waals surface area contributed by atoms with Crippen LogP contribution in [0.25, 0.3) is 5.69 Å². The van der Waals surface area contributed by atoms with Crippen molar-refractivity contribution in [2.75, 3.05) is 0 Å². The summed E-state index contributed by atoms with van der Waals surface area (Å²) in [6, 6.07) is 7.98. The number of aromatic nitrogens is 4. The van der Waals surface area contributed by atoms with Gasteiger partial charge in [-0.3, -0.25) is 0 Å². The van der Waals surface area contributed by atoms with Gasteiger partial charge in [0, 0.05) is 6.42 Å². The average Bonchev–Trinajstić information content (AvgIpc) is 2.98. The molecular formula is C13H14F2N4O2S.